The molecule has 0 aliphatic carbocycles. The topological polar surface area (TPSA) is 82.2 Å². The Balaban J connectivity index is 2.45. The third-order valence-electron chi connectivity index (χ3n) is 2.78. The van der Waals surface area contributed by atoms with Gasteiger partial charge in [0, 0.05) is 26.2 Å². The zero-order valence-corrected chi connectivity index (χ0v) is 9.22. The molecule has 88 valence electrons. The molecule has 1 aliphatic heterocycles. The lowest BCUT2D eigenvalue weighted by Gasteiger charge is -2.29. The fraction of sp³-hybridized carbons (Fsp3) is 0.364. The van der Waals surface area contributed by atoms with Crippen molar-refractivity contribution in [1.82, 2.24) is 5.32 Å². The second-order valence-electron chi connectivity index (χ2n) is 3.78. The van der Waals surface area contributed by atoms with Crippen LogP contribution >= 0.6 is 0 Å². The van der Waals surface area contributed by atoms with Crippen molar-refractivity contribution in [2.45, 2.75) is 0 Å². The van der Waals surface area contributed by atoms with Crippen LogP contribution in [-0.2, 0) is 0 Å². The lowest BCUT2D eigenvalue weighted by atomic mass is 10.1. The predicted octanol–water partition coefficient (Wildman–Crippen LogP) is 0.876. The van der Waals surface area contributed by atoms with E-state index in [1.807, 2.05) is 11.0 Å². The number of hydrogen-bond donors (Lipinski definition) is 1. The number of nitrogens with zero attached hydrogens (tertiary/aromatic N) is 3. The van der Waals surface area contributed by atoms with Gasteiger partial charge in [-0.15, -0.1) is 0 Å². The summed E-state index contributed by atoms with van der Waals surface area (Å²) in [5, 5.41) is 23.1. The highest BCUT2D eigenvalue weighted by molar-refractivity contribution is 5.70. The molecular formula is C11H12N4O2. The minimum Gasteiger partial charge on any atom is -0.363 e. The molecule has 1 aliphatic rings. The first-order chi connectivity index (χ1) is 8.24. The van der Waals surface area contributed by atoms with Crippen molar-refractivity contribution in [3.05, 3.63) is 33.9 Å². The number of nitriles is 1. The molecule has 0 unspecified atom stereocenters. The monoisotopic (exact) mass is 232 g/mol. The third kappa shape index (κ3) is 2.19. The number of nitro groups is 1. The van der Waals surface area contributed by atoms with Gasteiger partial charge in [-0.1, -0.05) is 6.07 Å². The number of para-hydroxylation sites is 1. The van der Waals surface area contributed by atoms with E-state index in [-0.39, 0.29) is 11.3 Å². The van der Waals surface area contributed by atoms with Crippen molar-refractivity contribution in [3.63, 3.8) is 0 Å². The number of anilines is 1. The maximum Gasteiger partial charge on any atom is 0.310 e. The van der Waals surface area contributed by atoms with Gasteiger partial charge in [0.15, 0.2) is 0 Å². The van der Waals surface area contributed by atoms with Gasteiger partial charge < -0.3 is 10.2 Å². The van der Waals surface area contributed by atoms with Crippen molar-refractivity contribution >= 4 is 11.4 Å². The van der Waals surface area contributed by atoms with Crippen molar-refractivity contribution in [2.75, 3.05) is 31.1 Å². The fourth-order valence-electron chi connectivity index (χ4n) is 1.97. The molecule has 2 rings (SSSR count). The molecule has 1 fully saturated rings. The summed E-state index contributed by atoms with van der Waals surface area (Å²) in [5.41, 5.74) is 0.568. The molecule has 0 bridgehead atoms. The second kappa shape index (κ2) is 4.80. The highest BCUT2D eigenvalue weighted by Crippen LogP contribution is 2.31. The minimum atomic E-state index is -0.476. The molecule has 6 heteroatoms. The number of benzene rings is 1. The van der Waals surface area contributed by atoms with Crippen LogP contribution in [0, 0.1) is 21.4 Å². The van der Waals surface area contributed by atoms with Crippen molar-refractivity contribution in [1.29, 1.82) is 5.26 Å². The van der Waals surface area contributed by atoms with Gasteiger partial charge >= 0.3 is 5.69 Å². The van der Waals surface area contributed by atoms with Gasteiger partial charge in [-0.2, -0.15) is 5.26 Å². The zero-order chi connectivity index (χ0) is 12.3. The van der Waals surface area contributed by atoms with Crippen LogP contribution in [0.3, 0.4) is 0 Å². The Morgan fingerprint density at radius 1 is 1.41 bits per heavy atom. The number of hydrogen-bond acceptors (Lipinski definition) is 5. The van der Waals surface area contributed by atoms with Crippen LogP contribution in [0.4, 0.5) is 11.4 Å². The van der Waals surface area contributed by atoms with Gasteiger partial charge in [0.1, 0.15) is 17.3 Å². The molecule has 0 amide bonds. The van der Waals surface area contributed by atoms with E-state index in [4.69, 9.17) is 5.26 Å². The lowest BCUT2D eigenvalue weighted by molar-refractivity contribution is -0.384. The molecule has 1 aromatic carbocycles. The van der Waals surface area contributed by atoms with E-state index in [9.17, 15) is 10.1 Å². The first-order valence-corrected chi connectivity index (χ1v) is 5.37. The van der Waals surface area contributed by atoms with Gasteiger partial charge in [0.05, 0.1) is 4.92 Å². The summed E-state index contributed by atoms with van der Waals surface area (Å²) >= 11 is 0. The highest BCUT2D eigenvalue weighted by atomic mass is 16.6. The lowest BCUT2D eigenvalue weighted by Crippen LogP contribution is -2.43. The third-order valence-corrected chi connectivity index (χ3v) is 2.78. The van der Waals surface area contributed by atoms with Crippen LogP contribution in [-0.4, -0.2) is 31.1 Å². The van der Waals surface area contributed by atoms with Crippen LogP contribution in [0.5, 0.6) is 0 Å². The molecule has 1 N–H and O–H groups in total. The summed E-state index contributed by atoms with van der Waals surface area (Å²) in [7, 11) is 0. The Hall–Kier alpha value is -2.13. The van der Waals surface area contributed by atoms with Gasteiger partial charge in [-0.3, -0.25) is 10.1 Å². The van der Waals surface area contributed by atoms with E-state index in [1.54, 1.807) is 12.1 Å². The SMILES string of the molecule is N#Cc1cccc(N2CCNCC2)c1[N+](=O)[O-]. The van der Waals surface area contributed by atoms with E-state index in [0.717, 1.165) is 26.2 Å². The standard InChI is InChI=1S/C11H12N4O2/c12-8-9-2-1-3-10(11(9)15(16)17)14-6-4-13-5-7-14/h1-3,13H,4-7H2. The molecule has 1 heterocycles. The first-order valence-electron chi connectivity index (χ1n) is 5.37. The van der Waals surface area contributed by atoms with Gasteiger partial charge in [0.25, 0.3) is 0 Å². The van der Waals surface area contributed by atoms with Crippen molar-refractivity contribution in [2.24, 2.45) is 0 Å². The Labute approximate surface area is 98.6 Å². The fourth-order valence-corrected chi connectivity index (χ4v) is 1.97. The average Bonchev–Trinajstić information content (AvgIpc) is 2.38. The summed E-state index contributed by atoms with van der Waals surface area (Å²) in [5.74, 6) is 0. The van der Waals surface area contributed by atoms with Gasteiger partial charge in [0.2, 0.25) is 0 Å². The molecule has 0 spiro atoms. The number of piperazine rings is 1. The molecule has 0 aromatic heterocycles. The Morgan fingerprint density at radius 2 is 2.12 bits per heavy atom. The summed E-state index contributed by atoms with van der Waals surface area (Å²) in [6.07, 6.45) is 0. The number of rotatable bonds is 2. The maximum absolute atomic E-state index is 11.1. The quantitative estimate of drug-likeness (QED) is 0.604. The van der Waals surface area contributed by atoms with Crippen LogP contribution < -0.4 is 10.2 Å². The smallest absolute Gasteiger partial charge is 0.310 e. The molecule has 17 heavy (non-hydrogen) atoms. The normalized spacial score (nSPS) is 15.4. The Morgan fingerprint density at radius 3 is 2.71 bits per heavy atom. The average molecular weight is 232 g/mol. The van der Waals surface area contributed by atoms with E-state index in [1.165, 1.54) is 6.07 Å². The molecule has 1 saturated heterocycles. The molecule has 6 nitrogen and oxygen atoms in total. The Kier molecular flexibility index (Phi) is 3.21. The number of nitro benzene ring substituents is 1. The largest absolute Gasteiger partial charge is 0.363 e. The highest BCUT2D eigenvalue weighted by Gasteiger charge is 2.24. The number of nitrogens with one attached hydrogen (secondary N) is 1. The van der Waals surface area contributed by atoms with Gasteiger partial charge in [-0.25, -0.2) is 0 Å². The minimum absolute atomic E-state index is 0.0862. The molecule has 0 radical (unpaired) electrons. The molecule has 0 atom stereocenters. The molecular weight excluding hydrogens is 220 g/mol. The maximum atomic E-state index is 11.1. The van der Waals surface area contributed by atoms with Crippen molar-refractivity contribution in [3.8, 4) is 6.07 Å². The summed E-state index contributed by atoms with van der Waals surface area (Å²) in [6, 6.07) is 6.73. The molecule has 1 aromatic rings. The second-order valence-corrected chi connectivity index (χ2v) is 3.78. The summed E-state index contributed by atoms with van der Waals surface area (Å²) in [4.78, 5) is 12.5. The summed E-state index contributed by atoms with van der Waals surface area (Å²) < 4.78 is 0. The van der Waals surface area contributed by atoms with E-state index in [2.05, 4.69) is 5.32 Å². The molecule has 0 saturated carbocycles. The van der Waals surface area contributed by atoms with E-state index in [0.29, 0.717) is 5.69 Å². The van der Waals surface area contributed by atoms with Crippen molar-refractivity contribution < 1.29 is 4.92 Å². The Bertz CT molecular complexity index is 475. The van der Waals surface area contributed by atoms with E-state index < -0.39 is 4.92 Å². The van der Waals surface area contributed by atoms with Gasteiger partial charge in [-0.05, 0) is 12.1 Å². The van der Waals surface area contributed by atoms with E-state index >= 15 is 0 Å². The van der Waals surface area contributed by atoms with Crippen LogP contribution in [0.15, 0.2) is 18.2 Å². The zero-order valence-electron chi connectivity index (χ0n) is 9.22. The summed E-state index contributed by atoms with van der Waals surface area (Å²) in [6.45, 7) is 3.04. The van der Waals surface area contributed by atoms with Crippen LogP contribution in [0.1, 0.15) is 5.56 Å². The van der Waals surface area contributed by atoms with Crippen LogP contribution in [0.25, 0.3) is 0 Å². The first kappa shape index (κ1) is 11.4. The van der Waals surface area contributed by atoms with Crippen LogP contribution in [0.2, 0.25) is 0 Å². The predicted molar refractivity (Wildman–Crippen MR) is 62.9 cm³/mol.